The number of benzene rings is 1. The number of hydrogen-bond acceptors (Lipinski definition) is 3. The number of nitrogens with one attached hydrogen (secondary N) is 1. The number of halogens is 1. The van der Waals surface area contributed by atoms with Gasteiger partial charge in [-0.2, -0.15) is 0 Å². The van der Waals surface area contributed by atoms with Gasteiger partial charge in [-0.1, -0.05) is 17.7 Å². The molecule has 0 saturated carbocycles. The van der Waals surface area contributed by atoms with Crippen molar-refractivity contribution in [1.29, 1.82) is 0 Å². The van der Waals surface area contributed by atoms with Crippen molar-refractivity contribution in [3.63, 3.8) is 0 Å². The van der Waals surface area contributed by atoms with E-state index < -0.39 is 4.92 Å². The molecule has 17 heavy (non-hydrogen) atoms. The molecule has 0 saturated heterocycles. The van der Waals surface area contributed by atoms with Gasteiger partial charge in [-0.3, -0.25) is 10.1 Å². The van der Waals surface area contributed by atoms with Crippen LogP contribution in [0.4, 0.5) is 5.69 Å². The van der Waals surface area contributed by atoms with Gasteiger partial charge in [0.05, 0.1) is 9.40 Å². The van der Waals surface area contributed by atoms with Crippen molar-refractivity contribution in [3.8, 4) is 0 Å². The van der Waals surface area contributed by atoms with Crippen molar-refractivity contribution in [2.45, 2.75) is 19.9 Å². The minimum absolute atomic E-state index is 0.0867. The molecule has 0 amide bonds. The first-order chi connectivity index (χ1) is 7.95. The summed E-state index contributed by atoms with van der Waals surface area (Å²) in [5.74, 6) is 0. The van der Waals surface area contributed by atoms with Crippen LogP contribution in [0.15, 0.2) is 28.2 Å². The van der Waals surface area contributed by atoms with Gasteiger partial charge in [0, 0.05) is 12.1 Å². The van der Waals surface area contributed by atoms with Crippen LogP contribution in [0.25, 0.3) is 6.08 Å². The summed E-state index contributed by atoms with van der Waals surface area (Å²) in [4.78, 5) is 10.4. The number of nitro groups is 1. The van der Waals surface area contributed by atoms with Crippen molar-refractivity contribution in [1.82, 2.24) is 5.32 Å². The van der Waals surface area contributed by atoms with Crippen LogP contribution < -0.4 is 5.32 Å². The zero-order valence-electron chi connectivity index (χ0n) is 10.0. The first-order valence-corrected chi connectivity index (χ1v) is 6.04. The standard InChI is InChI=1S/C12H15BrN2O2/c1-8(9(2)14-3)6-10-4-5-11(13)12(7-10)15(16)17/h4-7,9,14H,1-3H3/b8-6+. The third-order valence-corrected chi connectivity index (χ3v) is 3.35. The highest BCUT2D eigenvalue weighted by Gasteiger charge is 2.11. The van der Waals surface area contributed by atoms with Crippen LogP contribution in [-0.2, 0) is 0 Å². The quantitative estimate of drug-likeness (QED) is 0.685. The van der Waals surface area contributed by atoms with Crippen LogP contribution in [-0.4, -0.2) is 18.0 Å². The van der Waals surface area contributed by atoms with Crippen LogP contribution >= 0.6 is 15.9 Å². The van der Waals surface area contributed by atoms with Crippen LogP contribution in [0.5, 0.6) is 0 Å². The summed E-state index contributed by atoms with van der Waals surface area (Å²) >= 11 is 3.17. The molecule has 1 N–H and O–H groups in total. The molecule has 0 bridgehead atoms. The van der Waals surface area contributed by atoms with Crippen LogP contribution in [0.2, 0.25) is 0 Å². The Morgan fingerprint density at radius 3 is 2.76 bits per heavy atom. The van der Waals surface area contributed by atoms with Gasteiger partial charge in [-0.25, -0.2) is 0 Å². The molecule has 0 radical (unpaired) electrons. The highest BCUT2D eigenvalue weighted by Crippen LogP contribution is 2.26. The van der Waals surface area contributed by atoms with Crippen molar-refractivity contribution in [2.75, 3.05) is 7.05 Å². The van der Waals surface area contributed by atoms with Gasteiger partial charge in [0.1, 0.15) is 0 Å². The van der Waals surface area contributed by atoms with E-state index in [1.807, 2.05) is 33.0 Å². The summed E-state index contributed by atoms with van der Waals surface area (Å²) in [6.45, 7) is 4.04. The highest BCUT2D eigenvalue weighted by atomic mass is 79.9. The van der Waals surface area contributed by atoms with Crippen LogP contribution in [0, 0.1) is 10.1 Å². The molecule has 0 aromatic heterocycles. The van der Waals surface area contributed by atoms with E-state index in [9.17, 15) is 10.1 Å². The second-order valence-electron chi connectivity index (χ2n) is 3.87. The lowest BCUT2D eigenvalue weighted by molar-refractivity contribution is -0.385. The Kier molecular flexibility index (Phi) is 4.84. The fourth-order valence-electron chi connectivity index (χ4n) is 1.37. The first-order valence-electron chi connectivity index (χ1n) is 5.25. The lowest BCUT2D eigenvalue weighted by Gasteiger charge is -2.10. The van der Waals surface area contributed by atoms with Gasteiger partial charge < -0.3 is 5.32 Å². The average Bonchev–Trinajstić information content (AvgIpc) is 2.30. The Balaban J connectivity index is 3.09. The van der Waals surface area contributed by atoms with Gasteiger partial charge >= 0.3 is 0 Å². The first kappa shape index (κ1) is 13.9. The molecule has 0 fully saturated rings. The molecule has 1 unspecified atom stereocenters. The molecule has 1 rings (SSSR count). The Hall–Kier alpha value is -1.20. The fourth-order valence-corrected chi connectivity index (χ4v) is 1.77. The number of rotatable bonds is 4. The molecule has 4 nitrogen and oxygen atoms in total. The zero-order valence-corrected chi connectivity index (χ0v) is 11.6. The van der Waals surface area contributed by atoms with Gasteiger partial charge in [0.2, 0.25) is 0 Å². The van der Waals surface area contributed by atoms with Gasteiger partial charge in [-0.15, -0.1) is 0 Å². The smallest absolute Gasteiger partial charge is 0.284 e. The predicted molar refractivity (Wildman–Crippen MR) is 73.0 cm³/mol. The minimum atomic E-state index is -0.391. The molecule has 0 aliphatic heterocycles. The van der Waals surface area contributed by atoms with E-state index in [1.165, 1.54) is 0 Å². The fraction of sp³-hybridized carbons (Fsp3) is 0.333. The third-order valence-electron chi connectivity index (χ3n) is 2.68. The monoisotopic (exact) mass is 298 g/mol. The summed E-state index contributed by atoms with van der Waals surface area (Å²) in [6.07, 6.45) is 1.95. The van der Waals surface area contributed by atoms with Crippen molar-refractivity contribution in [2.24, 2.45) is 0 Å². The number of likely N-dealkylation sites (N-methyl/N-ethyl adjacent to an activating group) is 1. The Labute approximate surface area is 109 Å². The maximum absolute atomic E-state index is 10.8. The third kappa shape index (κ3) is 3.64. The largest absolute Gasteiger partial charge is 0.314 e. The van der Waals surface area contributed by atoms with Gasteiger partial charge in [0.25, 0.3) is 5.69 Å². The van der Waals surface area contributed by atoms with Gasteiger partial charge in [0.15, 0.2) is 0 Å². The second-order valence-corrected chi connectivity index (χ2v) is 4.72. The van der Waals surface area contributed by atoms with E-state index in [0.29, 0.717) is 4.47 Å². The van der Waals surface area contributed by atoms with Crippen molar-refractivity contribution < 1.29 is 4.92 Å². The second kappa shape index (κ2) is 5.93. The topological polar surface area (TPSA) is 55.2 Å². The number of hydrogen-bond donors (Lipinski definition) is 1. The van der Waals surface area contributed by atoms with Gasteiger partial charge in [-0.05, 0) is 48.5 Å². The summed E-state index contributed by atoms with van der Waals surface area (Å²) in [5, 5.41) is 13.9. The predicted octanol–water partition coefficient (Wildman–Crippen LogP) is 3.37. The molecule has 92 valence electrons. The lowest BCUT2D eigenvalue weighted by Crippen LogP contribution is -2.21. The molecular weight excluding hydrogens is 284 g/mol. The Morgan fingerprint density at radius 1 is 1.59 bits per heavy atom. The molecule has 1 aromatic carbocycles. The molecule has 5 heteroatoms. The van der Waals surface area contributed by atoms with E-state index in [-0.39, 0.29) is 11.7 Å². The highest BCUT2D eigenvalue weighted by molar-refractivity contribution is 9.10. The Morgan fingerprint density at radius 2 is 2.24 bits per heavy atom. The summed E-state index contributed by atoms with van der Waals surface area (Å²) < 4.78 is 0.499. The van der Waals surface area contributed by atoms with Crippen molar-refractivity contribution in [3.05, 3.63) is 43.9 Å². The molecule has 0 spiro atoms. The van der Waals surface area contributed by atoms with E-state index in [1.54, 1.807) is 12.1 Å². The lowest BCUT2D eigenvalue weighted by atomic mass is 10.1. The summed E-state index contributed by atoms with van der Waals surface area (Å²) in [6, 6.07) is 5.36. The SMILES string of the molecule is CNC(C)/C(C)=C/c1ccc(Br)c([N+](=O)[O-])c1. The molecule has 1 atom stereocenters. The maximum atomic E-state index is 10.8. The summed E-state index contributed by atoms with van der Waals surface area (Å²) in [7, 11) is 1.88. The Bertz CT molecular complexity index is 458. The van der Waals surface area contributed by atoms with Crippen molar-refractivity contribution >= 4 is 27.7 Å². The van der Waals surface area contributed by atoms with Crippen LogP contribution in [0.3, 0.4) is 0 Å². The molecular formula is C12H15BrN2O2. The number of nitrogens with zero attached hydrogens (tertiary/aromatic N) is 1. The zero-order chi connectivity index (χ0) is 13.0. The van der Waals surface area contributed by atoms with Crippen LogP contribution in [0.1, 0.15) is 19.4 Å². The van der Waals surface area contributed by atoms with E-state index in [4.69, 9.17) is 0 Å². The number of nitro benzene ring substituents is 1. The average molecular weight is 299 g/mol. The minimum Gasteiger partial charge on any atom is -0.314 e. The van der Waals surface area contributed by atoms with E-state index in [2.05, 4.69) is 21.2 Å². The van der Waals surface area contributed by atoms with E-state index >= 15 is 0 Å². The van der Waals surface area contributed by atoms with E-state index in [0.717, 1.165) is 11.1 Å². The molecule has 0 aliphatic rings. The maximum Gasteiger partial charge on any atom is 0.284 e. The molecule has 0 aliphatic carbocycles. The molecule has 1 aromatic rings. The normalized spacial score (nSPS) is 13.5. The molecule has 0 heterocycles. The summed E-state index contributed by atoms with van der Waals surface area (Å²) in [5.41, 5.74) is 2.05.